The Hall–Kier alpha value is -0.940. The van der Waals surface area contributed by atoms with Crippen LogP contribution in [0.5, 0.6) is 0 Å². The van der Waals surface area contributed by atoms with Gasteiger partial charge >= 0.3 is 0 Å². The summed E-state index contributed by atoms with van der Waals surface area (Å²) in [6.07, 6.45) is 4.29. The molecule has 1 aromatic rings. The first-order valence-electron chi connectivity index (χ1n) is 6.03. The van der Waals surface area contributed by atoms with Crippen molar-refractivity contribution in [2.75, 3.05) is 19.8 Å². The van der Waals surface area contributed by atoms with E-state index in [0.29, 0.717) is 6.61 Å². The smallest absolute Gasteiger partial charge is 0.243 e. The van der Waals surface area contributed by atoms with Crippen molar-refractivity contribution in [1.82, 2.24) is 15.5 Å². The van der Waals surface area contributed by atoms with Crippen molar-refractivity contribution in [3.8, 4) is 0 Å². The Balaban J connectivity index is 1.85. The van der Waals surface area contributed by atoms with E-state index < -0.39 is 0 Å². The molecule has 1 aliphatic rings. The van der Waals surface area contributed by atoms with Gasteiger partial charge in [0.15, 0.2) is 5.82 Å². The van der Waals surface area contributed by atoms with Crippen molar-refractivity contribution in [3.63, 3.8) is 0 Å². The van der Waals surface area contributed by atoms with Crippen LogP contribution >= 0.6 is 0 Å². The van der Waals surface area contributed by atoms with Crippen LogP contribution in [-0.4, -0.2) is 29.9 Å². The van der Waals surface area contributed by atoms with Gasteiger partial charge < -0.3 is 14.6 Å². The largest absolute Gasteiger partial charge is 0.381 e. The lowest BCUT2D eigenvalue weighted by Crippen LogP contribution is -2.27. The quantitative estimate of drug-likeness (QED) is 0.769. The van der Waals surface area contributed by atoms with Crippen LogP contribution < -0.4 is 5.32 Å². The number of ether oxygens (including phenoxy) is 1. The van der Waals surface area contributed by atoms with Crippen LogP contribution in [0.25, 0.3) is 0 Å². The monoisotopic (exact) mass is 225 g/mol. The molecule has 90 valence electrons. The molecular formula is C11H19N3O2. The summed E-state index contributed by atoms with van der Waals surface area (Å²) in [4.78, 5) is 4.39. The highest BCUT2D eigenvalue weighted by Gasteiger charge is 2.20. The predicted molar refractivity (Wildman–Crippen MR) is 59.1 cm³/mol. The first kappa shape index (κ1) is 11.5. The summed E-state index contributed by atoms with van der Waals surface area (Å²) >= 11 is 0. The Bertz CT molecular complexity index is 308. The van der Waals surface area contributed by atoms with Crippen molar-refractivity contribution < 1.29 is 9.26 Å². The van der Waals surface area contributed by atoms with E-state index in [4.69, 9.17) is 9.26 Å². The number of nitrogens with zero attached hydrogens (tertiary/aromatic N) is 2. The molecule has 1 fully saturated rings. The maximum Gasteiger partial charge on any atom is 0.243 e. The second-order valence-electron chi connectivity index (χ2n) is 4.00. The molecule has 1 aliphatic heterocycles. The van der Waals surface area contributed by atoms with Gasteiger partial charge in [-0.2, -0.15) is 4.98 Å². The van der Waals surface area contributed by atoms with Gasteiger partial charge in [-0.1, -0.05) is 11.6 Å². The summed E-state index contributed by atoms with van der Waals surface area (Å²) < 4.78 is 10.5. The molecule has 0 spiro atoms. The maximum atomic E-state index is 5.26. The van der Waals surface area contributed by atoms with Gasteiger partial charge in [-0.15, -0.1) is 0 Å². The lowest BCUT2D eigenvalue weighted by Gasteiger charge is -2.19. The summed E-state index contributed by atoms with van der Waals surface area (Å²) in [6.45, 7) is 4.41. The third-order valence-corrected chi connectivity index (χ3v) is 2.77. The first-order chi connectivity index (χ1) is 7.90. The minimum Gasteiger partial charge on any atom is -0.381 e. The molecular weight excluding hydrogens is 206 g/mol. The van der Waals surface area contributed by atoms with Crippen molar-refractivity contribution in [2.45, 2.75) is 38.6 Å². The average Bonchev–Trinajstić information content (AvgIpc) is 2.79. The third kappa shape index (κ3) is 3.02. The highest BCUT2D eigenvalue weighted by atomic mass is 16.5. The van der Waals surface area contributed by atoms with Crippen LogP contribution in [0.2, 0.25) is 0 Å². The number of piperidine rings is 1. The SMILES string of the molecule is CCOCCc1noc([C@H]2CCCCN2)n1. The maximum absolute atomic E-state index is 5.26. The zero-order valence-electron chi connectivity index (χ0n) is 9.74. The Kier molecular flexibility index (Phi) is 4.30. The molecule has 0 unspecified atom stereocenters. The van der Waals surface area contributed by atoms with E-state index in [9.17, 15) is 0 Å². The summed E-state index contributed by atoms with van der Waals surface area (Å²) in [7, 11) is 0. The third-order valence-electron chi connectivity index (χ3n) is 2.77. The minimum absolute atomic E-state index is 0.252. The summed E-state index contributed by atoms with van der Waals surface area (Å²) in [5.74, 6) is 1.47. The summed E-state index contributed by atoms with van der Waals surface area (Å²) in [6, 6.07) is 0.252. The van der Waals surface area contributed by atoms with Crippen LogP contribution in [0.4, 0.5) is 0 Å². The molecule has 1 saturated heterocycles. The van der Waals surface area contributed by atoms with E-state index in [-0.39, 0.29) is 6.04 Å². The average molecular weight is 225 g/mol. The van der Waals surface area contributed by atoms with E-state index in [0.717, 1.165) is 37.7 Å². The Morgan fingerprint density at radius 3 is 3.19 bits per heavy atom. The van der Waals surface area contributed by atoms with Crippen LogP contribution in [0.3, 0.4) is 0 Å². The van der Waals surface area contributed by atoms with Gasteiger partial charge in [-0.3, -0.25) is 0 Å². The van der Waals surface area contributed by atoms with E-state index in [1.54, 1.807) is 0 Å². The lowest BCUT2D eigenvalue weighted by atomic mass is 10.1. The minimum atomic E-state index is 0.252. The normalized spacial score (nSPS) is 21.2. The molecule has 16 heavy (non-hydrogen) atoms. The van der Waals surface area contributed by atoms with Crippen molar-refractivity contribution in [3.05, 3.63) is 11.7 Å². The molecule has 1 N–H and O–H groups in total. The summed E-state index contributed by atoms with van der Waals surface area (Å²) in [5.41, 5.74) is 0. The van der Waals surface area contributed by atoms with Crippen molar-refractivity contribution in [2.24, 2.45) is 0 Å². The fourth-order valence-electron chi connectivity index (χ4n) is 1.88. The van der Waals surface area contributed by atoms with E-state index in [1.165, 1.54) is 12.8 Å². The summed E-state index contributed by atoms with van der Waals surface area (Å²) in [5, 5.41) is 7.35. The van der Waals surface area contributed by atoms with Gasteiger partial charge in [-0.05, 0) is 26.3 Å². The Morgan fingerprint density at radius 1 is 1.50 bits per heavy atom. The Morgan fingerprint density at radius 2 is 2.44 bits per heavy atom. The molecule has 1 atom stereocenters. The number of hydrogen-bond donors (Lipinski definition) is 1. The van der Waals surface area contributed by atoms with Gasteiger partial charge in [-0.25, -0.2) is 0 Å². The van der Waals surface area contributed by atoms with E-state index in [1.807, 2.05) is 6.92 Å². The molecule has 2 heterocycles. The molecule has 1 aromatic heterocycles. The number of nitrogens with one attached hydrogen (secondary N) is 1. The van der Waals surface area contributed by atoms with Crippen molar-refractivity contribution in [1.29, 1.82) is 0 Å². The predicted octanol–water partition coefficient (Wildman–Crippen LogP) is 1.46. The van der Waals surface area contributed by atoms with Gasteiger partial charge in [0.05, 0.1) is 12.6 Å². The fraction of sp³-hybridized carbons (Fsp3) is 0.818. The van der Waals surface area contributed by atoms with Crippen molar-refractivity contribution >= 4 is 0 Å². The molecule has 0 bridgehead atoms. The highest BCUT2D eigenvalue weighted by Crippen LogP contribution is 2.21. The van der Waals surface area contributed by atoms with E-state index >= 15 is 0 Å². The molecule has 5 heteroatoms. The molecule has 0 amide bonds. The van der Waals surface area contributed by atoms with Crippen LogP contribution in [0, 0.1) is 0 Å². The first-order valence-corrected chi connectivity index (χ1v) is 6.03. The van der Waals surface area contributed by atoms with Gasteiger partial charge in [0.1, 0.15) is 0 Å². The standard InChI is InChI=1S/C11H19N3O2/c1-2-15-8-6-10-13-11(16-14-10)9-5-3-4-7-12-9/h9,12H,2-8H2,1H3/t9-/m1/s1. The number of hydrogen-bond acceptors (Lipinski definition) is 5. The van der Waals surface area contributed by atoms with Crippen LogP contribution in [0.1, 0.15) is 43.9 Å². The number of rotatable bonds is 5. The van der Waals surface area contributed by atoms with Crippen LogP contribution in [0.15, 0.2) is 4.52 Å². The Labute approximate surface area is 95.6 Å². The van der Waals surface area contributed by atoms with Gasteiger partial charge in [0, 0.05) is 13.0 Å². The van der Waals surface area contributed by atoms with Crippen LogP contribution in [-0.2, 0) is 11.2 Å². The zero-order chi connectivity index (χ0) is 11.2. The number of aromatic nitrogens is 2. The molecule has 0 saturated carbocycles. The second-order valence-corrected chi connectivity index (χ2v) is 4.00. The van der Waals surface area contributed by atoms with Gasteiger partial charge in [0.2, 0.25) is 5.89 Å². The molecule has 0 aliphatic carbocycles. The lowest BCUT2D eigenvalue weighted by molar-refractivity contribution is 0.149. The molecule has 0 radical (unpaired) electrons. The van der Waals surface area contributed by atoms with E-state index in [2.05, 4.69) is 15.5 Å². The zero-order valence-corrected chi connectivity index (χ0v) is 9.74. The van der Waals surface area contributed by atoms with Gasteiger partial charge in [0.25, 0.3) is 0 Å². The molecule has 5 nitrogen and oxygen atoms in total. The molecule has 2 rings (SSSR count). The molecule has 0 aromatic carbocycles. The topological polar surface area (TPSA) is 60.2 Å². The second kappa shape index (κ2) is 5.96. The fourth-order valence-corrected chi connectivity index (χ4v) is 1.88. The highest BCUT2D eigenvalue weighted by molar-refractivity contribution is 4.94.